The van der Waals surface area contributed by atoms with Crippen LogP contribution in [-0.4, -0.2) is 18.4 Å². The quantitative estimate of drug-likeness (QED) is 0.819. The highest BCUT2D eigenvalue weighted by molar-refractivity contribution is 5.97. The van der Waals surface area contributed by atoms with Gasteiger partial charge in [-0.05, 0) is 54.2 Å². The third-order valence-electron chi connectivity index (χ3n) is 5.96. The third kappa shape index (κ3) is 3.61. The van der Waals surface area contributed by atoms with E-state index in [4.69, 9.17) is 0 Å². The SMILES string of the molecule is O=C1NCCc2ccc(CNC(=O)C3(c4ccc(C(F)(F)F)cc4)CCC3)cc21. The summed E-state index contributed by atoms with van der Waals surface area (Å²) in [6.07, 6.45) is -1.54. The van der Waals surface area contributed by atoms with Crippen LogP contribution in [0.1, 0.15) is 51.9 Å². The zero-order chi connectivity index (χ0) is 20.6. The number of nitrogens with one attached hydrogen (secondary N) is 2. The minimum atomic E-state index is -4.40. The number of hydrogen-bond acceptors (Lipinski definition) is 2. The lowest BCUT2D eigenvalue weighted by atomic mass is 9.63. The van der Waals surface area contributed by atoms with Gasteiger partial charge in [0.25, 0.3) is 5.91 Å². The second-order valence-electron chi connectivity index (χ2n) is 7.69. The van der Waals surface area contributed by atoms with Crippen molar-refractivity contribution in [3.05, 3.63) is 70.3 Å². The fraction of sp³-hybridized carbons (Fsp3) is 0.364. The maximum Gasteiger partial charge on any atom is 0.416 e. The highest BCUT2D eigenvalue weighted by atomic mass is 19.4. The zero-order valence-corrected chi connectivity index (χ0v) is 15.7. The molecule has 29 heavy (non-hydrogen) atoms. The Labute approximate surface area is 166 Å². The first kappa shape index (κ1) is 19.5. The second kappa shape index (κ2) is 7.21. The van der Waals surface area contributed by atoms with Gasteiger partial charge in [-0.1, -0.05) is 30.7 Å². The Morgan fingerprint density at radius 1 is 1.10 bits per heavy atom. The maximum absolute atomic E-state index is 12.9. The Hall–Kier alpha value is -2.83. The van der Waals surface area contributed by atoms with Crippen molar-refractivity contribution in [1.29, 1.82) is 0 Å². The number of fused-ring (bicyclic) bond motifs is 1. The highest BCUT2D eigenvalue weighted by Gasteiger charge is 2.45. The summed E-state index contributed by atoms with van der Waals surface area (Å²) in [7, 11) is 0. The lowest BCUT2D eigenvalue weighted by molar-refractivity contribution is -0.137. The van der Waals surface area contributed by atoms with E-state index in [0.29, 0.717) is 30.5 Å². The Kier molecular flexibility index (Phi) is 4.84. The Bertz CT molecular complexity index is 948. The summed E-state index contributed by atoms with van der Waals surface area (Å²) >= 11 is 0. The minimum absolute atomic E-state index is 0.111. The number of hydrogen-bond donors (Lipinski definition) is 2. The van der Waals surface area contributed by atoms with Crippen LogP contribution < -0.4 is 10.6 Å². The minimum Gasteiger partial charge on any atom is -0.352 e. The van der Waals surface area contributed by atoms with Crippen molar-refractivity contribution < 1.29 is 22.8 Å². The monoisotopic (exact) mass is 402 g/mol. The molecule has 0 unspecified atom stereocenters. The van der Waals surface area contributed by atoms with Crippen molar-refractivity contribution in [3.8, 4) is 0 Å². The average molecular weight is 402 g/mol. The summed E-state index contributed by atoms with van der Waals surface area (Å²) in [5.41, 5.74) is 1.54. The number of carbonyl (C=O) groups is 2. The van der Waals surface area contributed by atoms with Gasteiger partial charge < -0.3 is 10.6 Å². The van der Waals surface area contributed by atoms with Crippen LogP contribution in [0.2, 0.25) is 0 Å². The number of carbonyl (C=O) groups excluding carboxylic acids is 2. The average Bonchev–Trinajstić information content (AvgIpc) is 2.66. The van der Waals surface area contributed by atoms with E-state index in [-0.39, 0.29) is 18.4 Å². The molecule has 2 amide bonds. The molecular formula is C22H21F3N2O2. The van der Waals surface area contributed by atoms with Crippen LogP contribution in [-0.2, 0) is 29.4 Å². The Morgan fingerprint density at radius 2 is 1.83 bits per heavy atom. The molecule has 4 rings (SSSR count). The molecule has 0 radical (unpaired) electrons. The molecule has 2 aromatic carbocycles. The highest BCUT2D eigenvalue weighted by Crippen LogP contribution is 2.44. The van der Waals surface area contributed by atoms with Crippen LogP contribution >= 0.6 is 0 Å². The summed E-state index contributed by atoms with van der Waals surface area (Å²) in [6, 6.07) is 10.5. The van der Waals surface area contributed by atoms with Crippen molar-refractivity contribution in [3.63, 3.8) is 0 Å². The molecule has 2 N–H and O–H groups in total. The number of rotatable bonds is 4. The van der Waals surface area contributed by atoms with E-state index in [0.717, 1.165) is 36.1 Å². The second-order valence-corrected chi connectivity index (χ2v) is 7.69. The Morgan fingerprint density at radius 3 is 2.45 bits per heavy atom. The van der Waals surface area contributed by atoms with Crippen LogP contribution in [0, 0.1) is 0 Å². The van der Waals surface area contributed by atoms with E-state index in [1.807, 2.05) is 12.1 Å². The molecule has 1 heterocycles. The molecule has 2 aromatic rings. The standard InChI is InChI=1S/C22H21F3N2O2/c23-22(24,25)17-6-4-16(5-7-17)21(9-1-10-21)20(29)27-13-14-2-3-15-8-11-26-19(28)18(15)12-14/h2-7,12H,1,8-11,13H2,(H,26,28)(H,27,29). The fourth-order valence-electron chi connectivity index (χ4n) is 4.08. The molecule has 1 fully saturated rings. The van der Waals surface area contributed by atoms with Crippen LogP contribution in [0.4, 0.5) is 13.2 Å². The van der Waals surface area contributed by atoms with Gasteiger partial charge in [0.05, 0.1) is 11.0 Å². The lowest BCUT2D eigenvalue weighted by Gasteiger charge is -2.41. The van der Waals surface area contributed by atoms with E-state index in [2.05, 4.69) is 10.6 Å². The topological polar surface area (TPSA) is 58.2 Å². The number of halogens is 3. The predicted molar refractivity (Wildman–Crippen MR) is 101 cm³/mol. The van der Waals surface area contributed by atoms with Crippen molar-refractivity contribution in [2.24, 2.45) is 0 Å². The van der Waals surface area contributed by atoms with Gasteiger partial charge >= 0.3 is 6.18 Å². The summed E-state index contributed by atoms with van der Waals surface area (Å²) < 4.78 is 38.5. The van der Waals surface area contributed by atoms with E-state index < -0.39 is 17.2 Å². The van der Waals surface area contributed by atoms with E-state index in [1.54, 1.807) is 6.07 Å². The van der Waals surface area contributed by atoms with Crippen molar-refractivity contribution >= 4 is 11.8 Å². The van der Waals surface area contributed by atoms with Crippen molar-refractivity contribution in [2.75, 3.05) is 6.54 Å². The molecule has 1 aliphatic carbocycles. The molecule has 152 valence electrons. The van der Waals surface area contributed by atoms with Crippen LogP contribution in [0.25, 0.3) is 0 Å². The van der Waals surface area contributed by atoms with E-state index in [9.17, 15) is 22.8 Å². The number of benzene rings is 2. The largest absolute Gasteiger partial charge is 0.416 e. The lowest BCUT2D eigenvalue weighted by Crippen LogP contribution is -2.49. The normalized spacial score (nSPS) is 17.7. The van der Waals surface area contributed by atoms with Gasteiger partial charge in [-0.3, -0.25) is 9.59 Å². The van der Waals surface area contributed by atoms with E-state index in [1.165, 1.54) is 12.1 Å². The molecule has 0 atom stereocenters. The first-order chi connectivity index (χ1) is 13.8. The molecule has 0 saturated heterocycles. The third-order valence-corrected chi connectivity index (χ3v) is 5.96. The molecule has 2 aliphatic rings. The van der Waals surface area contributed by atoms with Gasteiger partial charge in [0.1, 0.15) is 0 Å². The van der Waals surface area contributed by atoms with Crippen LogP contribution in [0.3, 0.4) is 0 Å². The molecule has 0 spiro atoms. The molecule has 7 heteroatoms. The van der Waals surface area contributed by atoms with Gasteiger partial charge in [0.15, 0.2) is 0 Å². The van der Waals surface area contributed by atoms with Crippen LogP contribution in [0.5, 0.6) is 0 Å². The molecular weight excluding hydrogens is 381 g/mol. The number of alkyl halides is 3. The van der Waals surface area contributed by atoms with Gasteiger partial charge in [-0.15, -0.1) is 0 Å². The zero-order valence-electron chi connectivity index (χ0n) is 15.7. The van der Waals surface area contributed by atoms with Gasteiger partial charge in [-0.25, -0.2) is 0 Å². The summed E-state index contributed by atoms with van der Waals surface area (Å²) in [5.74, 6) is -0.301. The van der Waals surface area contributed by atoms with Gasteiger partial charge in [0.2, 0.25) is 5.91 Å². The predicted octanol–water partition coefficient (Wildman–Crippen LogP) is 3.73. The molecule has 1 aliphatic heterocycles. The van der Waals surface area contributed by atoms with Gasteiger partial charge in [-0.2, -0.15) is 13.2 Å². The summed E-state index contributed by atoms with van der Waals surface area (Å²) in [4.78, 5) is 24.9. The summed E-state index contributed by atoms with van der Waals surface area (Å²) in [5, 5.41) is 5.72. The molecule has 1 saturated carbocycles. The maximum atomic E-state index is 12.9. The number of amides is 2. The molecule has 0 bridgehead atoms. The Balaban J connectivity index is 1.48. The van der Waals surface area contributed by atoms with Crippen molar-refractivity contribution in [2.45, 2.75) is 43.8 Å². The smallest absolute Gasteiger partial charge is 0.352 e. The van der Waals surface area contributed by atoms with Gasteiger partial charge in [0, 0.05) is 18.7 Å². The van der Waals surface area contributed by atoms with Crippen molar-refractivity contribution in [1.82, 2.24) is 10.6 Å². The summed E-state index contributed by atoms with van der Waals surface area (Å²) in [6.45, 7) is 0.888. The first-order valence-corrected chi connectivity index (χ1v) is 9.66. The molecule has 4 nitrogen and oxygen atoms in total. The van der Waals surface area contributed by atoms with Crippen LogP contribution in [0.15, 0.2) is 42.5 Å². The first-order valence-electron chi connectivity index (χ1n) is 9.66. The molecule has 0 aromatic heterocycles. The van der Waals surface area contributed by atoms with E-state index >= 15 is 0 Å². The fourth-order valence-corrected chi connectivity index (χ4v) is 4.08.